The Balaban J connectivity index is 1.20. The summed E-state index contributed by atoms with van der Waals surface area (Å²) >= 11 is 1.11. The molecule has 6 nitrogen and oxygen atoms in total. The van der Waals surface area contributed by atoms with E-state index in [-0.39, 0.29) is 11.4 Å². The number of nitrogens with zero attached hydrogens (tertiary/aromatic N) is 1. The number of carboxylic acid groups (broad SMARTS) is 1. The highest BCUT2D eigenvalue weighted by Crippen LogP contribution is 2.48. The van der Waals surface area contributed by atoms with E-state index in [1.807, 2.05) is 12.1 Å². The summed E-state index contributed by atoms with van der Waals surface area (Å²) in [6.07, 6.45) is 9.95. The van der Waals surface area contributed by atoms with E-state index in [4.69, 9.17) is 15.6 Å². The SMILES string of the molecule is COc1cc(C(=O)O)c(F)cc1NS/C(C=Nc1ccc(-c2ccc(C3CC4CCC(C4)C3)cc2)cc1)=C/N. The summed E-state index contributed by atoms with van der Waals surface area (Å²) in [7, 11) is 1.38. The van der Waals surface area contributed by atoms with Crippen molar-refractivity contribution in [3.8, 4) is 16.9 Å². The number of aliphatic imine (C=N–C) groups is 1. The highest BCUT2D eigenvalue weighted by molar-refractivity contribution is 8.05. The van der Waals surface area contributed by atoms with Crippen molar-refractivity contribution in [2.75, 3.05) is 11.8 Å². The van der Waals surface area contributed by atoms with Crippen LogP contribution in [0.4, 0.5) is 15.8 Å². The molecule has 0 aliphatic heterocycles. The maximum Gasteiger partial charge on any atom is 0.338 e. The lowest BCUT2D eigenvalue weighted by Crippen LogP contribution is -2.14. The predicted molar refractivity (Wildman–Crippen MR) is 156 cm³/mol. The van der Waals surface area contributed by atoms with Crippen LogP contribution < -0.4 is 15.2 Å². The number of aromatic carboxylic acids is 1. The Morgan fingerprint density at radius 3 is 2.28 bits per heavy atom. The molecular formula is C31H32FN3O3S. The molecular weight excluding hydrogens is 513 g/mol. The number of nitrogens with two attached hydrogens (primary N) is 1. The second-order valence-corrected chi connectivity index (χ2v) is 11.1. The summed E-state index contributed by atoms with van der Waals surface area (Å²) in [5.74, 6) is 0.540. The average Bonchev–Trinajstić information content (AvgIpc) is 3.30. The topological polar surface area (TPSA) is 96.9 Å². The van der Waals surface area contributed by atoms with E-state index in [2.05, 4.69) is 46.1 Å². The van der Waals surface area contributed by atoms with E-state index in [1.165, 1.54) is 56.5 Å². The highest BCUT2D eigenvalue weighted by atomic mass is 32.2. The van der Waals surface area contributed by atoms with Crippen LogP contribution in [0.2, 0.25) is 0 Å². The minimum atomic E-state index is -1.37. The first-order valence-electron chi connectivity index (χ1n) is 13.1. The molecule has 2 atom stereocenters. The minimum absolute atomic E-state index is 0.198. The first kappa shape index (κ1) is 26.8. The van der Waals surface area contributed by atoms with Crippen LogP contribution >= 0.6 is 11.9 Å². The summed E-state index contributed by atoms with van der Waals surface area (Å²) in [5, 5.41) is 9.11. The number of ether oxygens (including phenoxy) is 1. The van der Waals surface area contributed by atoms with Crippen LogP contribution in [0.25, 0.3) is 11.1 Å². The van der Waals surface area contributed by atoms with Gasteiger partial charge in [0.1, 0.15) is 11.6 Å². The van der Waals surface area contributed by atoms with Crippen molar-refractivity contribution in [3.05, 3.63) is 88.7 Å². The van der Waals surface area contributed by atoms with Crippen molar-refractivity contribution < 1.29 is 19.0 Å². The van der Waals surface area contributed by atoms with Crippen molar-refractivity contribution in [2.45, 2.75) is 38.0 Å². The Bertz CT molecular complexity index is 1380. The Morgan fingerprint density at radius 1 is 1.05 bits per heavy atom. The van der Waals surface area contributed by atoms with Crippen molar-refractivity contribution in [2.24, 2.45) is 22.6 Å². The van der Waals surface area contributed by atoms with E-state index in [0.29, 0.717) is 10.8 Å². The zero-order valence-corrected chi connectivity index (χ0v) is 22.6. The number of methoxy groups -OCH3 is 1. The third-order valence-electron chi connectivity index (χ3n) is 7.77. The molecule has 4 N–H and O–H groups in total. The van der Waals surface area contributed by atoms with Gasteiger partial charge in [-0.3, -0.25) is 4.99 Å². The summed E-state index contributed by atoms with van der Waals surface area (Å²) in [4.78, 5) is 16.2. The number of hydrogen-bond donors (Lipinski definition) is 3. The van der Waals surface area contributed by atoms with Gasteiger partial charge in [0.2, 0.25) is 0 Å². The van der Waals surface area contributed by atoms with E-state index in [1.54, 1.807) is 6.21 Å². The van der Waals surface area contributed by atoms with Crippen LogP contribution in [0.15, 0.2) is 76.8 Å². The Morgan fingerprint density at radius 2 is 1.69 bits per heavy atom. The number of benzene rings is 3. The number of anilines is 1. The lowest BCUT2D eigenvalue weighted by molar-refractivity contribution is 0.0691. The van der Waals surface area contributed by atoms with Gasteiger partial charge in [-0.25, -0.2) is 9.18 Å². The third kappa shape index (κ3) is 6.28. The van der Waals surface area contributed by atoms with E-state index in [9.17, 15) is 9.18 Å². The number of hydrogen-bond acceptors (Lipinski definition) is 6. The van der Waals surface area contributed by atoms with Crippen LogP contribution in [0.3, 0.4) is 0 Å². The number of carbonyl (C=O) groups is 1. The molecule has 39 heavy (non-hydrogen) atoms. The number of fused-ring (bicyclic) bond motifs is 2. The molecule has 0 radical (unpaired) electrons. The quantitative estimate of drug-likeness (QED) is 0.188. The fraction of sp³-hybridized carbons (Fsp3) is 0.290. The van der Waals surface area contributed by atoms with Crippen LogP contribution in [0.5, 0.6) is 5.75 Å². The second-order valence-electron chi connectivity index (χ2n) is 10.3. The number of rotatable bonds is 9. The van der Waals surface area contributed by atoms with Gasteiger partial charge in [-0.15, -0.1) is 0 Å². The molecule has 202 valence electrons. The maximum absolute atomic E-state index is 14.1. The monoisotopic (exact) mass is 545 g/mol. The van der Waals surface area contributed by atoms with Crippen LogP contribution in [-0.4, -0.2) is 24.4 Å². The Kier molecular flexibility index (Phi) is 8.21. The largest absolute Gasteiger partial charge is 0.495 e. The minimum Gasteiger partial charge on any atom is -0.495 e. The van der Waals surface area contributed by atoms with Gasteiger partial charge in [0.15, 0.2) is 0 Å². The van der Waals surface area contributed by atoms with Crippen molar-refractivity contribution in [1.82, 2.24) is 0 Å². The van der Waals surface area contributed by atoms with Gasteiger partial charge in [0.05, 0.1) is 29.0 Å². The number of carboxylic acids is 1. The number of allylic oxidation sites excluding steroid dienone is 1. The molecule has 2 fully saturated rings. The van der Waals surface area contributed by atoms with E-state index >= 15 is 0 Å². The molecule has 5 rings (SSSR count). The van der Waals surface area contributed by atoms with Crippen LogP contribution in [0, 0.1) is 17.7 Å². The summed E-state index contributed by atoms with van der Waals surface area (Å²) < 4.78 is 22.3. The molecule has 3 aromatic rings. The first-order chi connectivity index (χ1) is 18.9. The zero-order valence-electron chi connectivity index (χ0n) is 21.8. The number of nitrogens with one attached hydrogen (secondary N) is 1. The molecule has 2 unspecified atom stereocenters. The van der Waals surface area contributed by atoms with E-state index in [0.717, 1.165) is 47.2 Å². The van der Waals surface area contributed by atoms with Crippen molar-refractivity contribution in [3.63, 3.8) is 0 Å². The van der Waals surface area contributed by atoms with Gasteiger partial charge in [-0.1, -0.05) is 49.2 Å². The van der Waals surface area contributed by atoms with Gasteiger partial charge in [-0.05, 0) is 83.9 Å². The average molecular weight is 546 g/mol. The summed E-state index contributed by atoms with van der Waals surface area (Å²) in [6, 6.07) is 19.3. The molecule has 0 heterocycles. The van der Waals surface area contributed by atoms with Crippen molar-refractivity contribution in [1.29, 1.82) is 0 Å². The van der Waals surface area contributed by atoms with Crippen molar-refractivity contribution >= 4 is 35.5 Å². The molecule has 2 aliphatic rings. The second kappa shape index (κ2) is 11.9. The van der Waals surface area contributed by atoms with E-state index < -0.39 is 17.3 Å². The van der Waals surface area contributed by atoms with Crippen LogP contribution in [-0.2, 0) is 0 Å². The zero-order chi connectivity index (χ0) is 27.4. The van der Waals surface area contributed by atoms with Gasteiger partial charge >= 0.3 is 5.97 Å². The summed E-state index contributed by atoms with van der Waals surface area (Å²) in [5.41, 5.74) is 10.1. The fourth-order valence-electron chi connectivity index (χ4n) is 5.79. The molecule has 2 aliphatic carbocycles. The standard InChI is InChI=1S/C31H32FN3O3S/c1-38-30-15-27(31(36)37)28(32)16-29(30)35-39-26(17-33)18-34-25-10-8-22(9-11-25)21-4-6-23(7-5-21)24-13-19-2-3-20(12-19)14-24/h4-11,15-20,24,35H,2-3,12-14,33H2,1H3,(H,36,37)/b26-17+,34-18?. The lowest BCUT2D eigenvalue weighted by atomic mass is 9.77. The molecule has 0 aromatic heterocycles. The Hall–Kier alpha value is -3.78. The smallest absolute Gasteiger partial charge is 0.338 e. The van der Waals surface area contributed by atoms with Gasteiger partial charge in [0.25, 0.3) is 0 Å². The fourth-order valence-corrected chi connectivity index (χ4v) is 6.35. The molecule has 2 bridgehead atoms. The maximum atomic E-state index is 14.1. The van der Waals surface area contributed by atoms with Gasteiger partial charge in [0, 0.05) is 18.5 Å². The highest BCUT2D eigenvalue weighted by Gasteiger charge is 2.34. The summed E-state index contributed by atoms with van der Waals surface area (Å²) in [6.45, 7) is 0. The number of halogens is 1. The molecule has 0 spiro atoms. The lowest BCUT2D eigenvalue weighted by Gasteiger charge is -2.28. The Labute approximate surface area is 232 Å². The molecule has 3 aromatic carbocycles. The molecule has 0 saturated heterocycles. The predicted octanol–water partition coefficient (Wildman–Crippen LogP) is 7.76. The molecule has 8 heteroatoms. The normalized spacial score (nSPS) is 20.8. The molecule has 2 saturated carbocycles. The first-order valence-corrected chi connectivity index (χ1v) is 13.9. The van der Waals surface area contributed by atoms with Gasteiger partial charge in [-0.2, -0.15) is 0 Å². The molecule has 0 amide bonds. The van der Waals surface area contributed by atoms with Gasteiger partial charge < -0.3 is 20.3 Å². The van der Waals surface area contributed by atoms with Crippen LogP contribution in [0.1, 0.15) is 53.9 Å². The third-order valence-corrected chi connectivity index (χ3v) is 8.57.